The normalized spacial score (nSPS) is 28.4. The van der Waals surface area contributed by atoms with E-state index in [-0.39, 0.29) is 30.7 Å². The van der Waals surface area contributed by atoms with Crippen LogP contribution in [-0.2, 0) is 4.79 Å². The highest BCUT2D eigenvalue weighted by Crippen LogP contribution is 2.35. The minimum Gasteiger partial charge on any atom is -0.341 e. The summed E-state index contributed by atoms with van der Waals surface area (Å²) in [5, 5.41) is 0. The molecule has 1 aliphatic carbocycles. The first-order valence-electron chi connectivity index (χ1n) is 7.48. The molecule has 6 heteroatoms. The van der Waals surface area contributed by atoms with Crippen molar-refractivity contribution in [3.8, 4) is 0 Å². The maximum Gasteiger partial charge on any atom is 0.242 e. The Hall–Kier alpha value is -0.0300. The number of carbonyl (C=O) groups is 1. The fourth-order valence-electron chi connectivity index (χ4n) is 3.34. The molecule has 2 saturated heterocycles. The summed E-state index contributed by atoms with van der Waals surface area (Å²) in [6.07, 6.45) is 7.03. The topological polar surface area (TPSA) is 49.6 Å². The lowest BCUT2D eigenvalue weighted by molar-refractivity contribution is -0.132. The molecule has 2 heterocycles. The van der Waals surface area contributed by atoms with Gasteiger partial charge in [-0.25, -0.2) is 0 Å². The van der Waals surface area contributed by atoms with Crippen LogP contribution in [0.2, 0.25) is 0 Å². The van der Waals surface area contributed by atoms with Crippen LogP contribution in [0.3, 0.4) is 0 Å². The largest absolute Gasteiger partial charge is 0.341 e. The van der Waals surface area contributed by atoms with Gasteiger partial charge in [-0.15, -0.1) is 24.8 Å². The van der Waals surface area contributed by atoms with Gasteiger partial charge in [0.25, 0.3) is 0 Å². The average molecular weight is 324 g/mol. The van der Waals surface area contributed by atoms with Crippen LogP contribution in [0.4, 0.5) is 0 Å². The van der Waals surface area contributed by atoms with Crippen LogP contribution in [0.5, 0.6) is 0 Å². The molecule has 0 radical (unpaired) electrons. The summed E-state index contributed by atoms with van der Waals surface area (Å²) >= 11 is 0. The van der Waals surface area contributed by atoms with Gasteiger partial charge in [-0.1, -0.05) is 6.42 Å². The van der Waals surface area contributed by atoms with Crippen LogP contribution in [-0.4, -0.2) is 54.0 Å². The number of rotatable bonds is 3. The molecule has 0 bridgehead atoms. The number of amides is 1. The van der Waals surface area contributed by atoms with E-state index in [1.807, 2.05) is 4.90 Å². The Balaban J connectivity index is 0.000001000. The molecule has 2 N–H and O–H groups in total. The fourth-order valence-corrected chi connectivity index (χ4v) is 3.34. The van der Waals surface area contributed by atoms with E-state index >= 15 is 0 Å². The summed E-state index contributed by atoms with van der Waals surface area (Å²) < 4.78 is 0. The third-order valence-electron chi connectivity index (χ3n) is 4.75. The first-order valence-corrected chi connectivity index (χ1v) is 7.48. The molecule has 3 aliphatic rings. The maximum absolute atomic E-state index is 12.2. The van der Waals surface area contributed by atoms with Crippen LogP contribution < -0.4 is 5.73 Å². The molecule has 3 rings (SSSR count). The molecule has 1 unspecified atom stereocenters. The number of hydrogen-bond acceptors (Lipinski definition) is 3. The second kappa shape index (κ2) is 7.30. The average Bonchev–Trinajstić information content (AvgIpc) is 2.97. The van der Waals surface area contributed by atoms with Gasteiger partial charge in [0.2, 0.25) is 5.91 Å². The highest BCUT2D eigenvalue weighted by molar-refractivity contribution is 5.89. The number of halogens is 2. The standard InChI is InChI=1S/C14H25N3O.2ClH/c15-14(5-6-14)13(18)17-9-4-12(11-17)10-16-7-2-1-3-8-16;;/h12H,1-11,15H2;2*1H. The monoisotopic (exact) mass is 323 g/mol. The van der Waals surface area contributed by atoms with Gasteiger partial charge in [0.05, 0.1) is 5.54 Å². The van der Waals surface area contributed by atoms with Crippen molar-refractivity contribution in [2.75, 3.05) is 32.7 Å². The lowest BCUT2D eigenvalue weighted by Crippen LogP contribution is -2.45. The summed E-state index contributed by atoms with van der Waals surface area (Å²) in [5.74, 6) is 0.887. The molecule has 1 saturated carbocycles. The van der Waals surface area contributed by atoms with Gasteiger partial charge in [0.15, 0.2) is 0 Å². The molecular weight excluding hydrogens is 297 g/mol. The lowest BCUT2D eigenvalue weighted by atomic mass is 10.1. The van der Waals surface area contributed by atoms with E-state index in [0.717, 1.165) is 25.9 Å². The highest BCUT2D eigenvalue weighted by atomic mass is 35.5. The molecule has 1 atom stereocenters. The van der Waals surface area contributed by atoms with Crippen LogP contribution in [0.15, 0.2) is 0 Å². The number of nitrogens with zero attached hydrogens (tertiary/aromatic N) is 2. The summed E-state index contributed by atoms with van der Waals surface area (Å²) in [4.78, 5) is 16.8. The molecule has 1 amide bonds. The molecule has 0 aromatic rings. The van der Waals surface area contributed by atoms with Gasteiger partial charge in [0, 0.05) is 19.6 Å². The number of carbonyl (C=O) groups excluding carboxylic acids is 1. The molecule has 2 aliphatic heterocycles. The predicted octanol–water partition coefficient (Wildman–Crippen LogP) is 1.66. The lowest BCUT2D eigenvalue weighted by Gasteiger charge is -2.29. The van der Waals surface area contributed by atoms with Crippen LogP contribution in [0.1, 0.15) is 38.5 Å². The number of hydrogen-bond donors (Lipinski definition) is 1. The van der Waals surface area contributed by atoms with E-state index in [9.17, 15) is 4.79 Å². The van der Waals surface area contributed by atoms with Crippen molar-refractivity contribution in [2.24, 2.45) is 11.7 Å². The molecule has 0 aromatic carbocycles. The van der Waals surface area contributed by atoms with Crippen LogP contribution >= 0.6 is 24.8 Å². The van der Waals surface area contributed by atoms with Crippen molar-refractivity contribution in [1.29, 1.82) is 0 Å². The molecule has 118 valence electrons. The Morgan fingerprint density at radius 1 is 1.10 bits per heavy atom. The second-order valence-electron chi connectivity index (χ2n) is 6.42. The van der Waals surface area contributed by atoms with E-state index in [1.165, 1.54) is 45.3 Å². The van der Waals surface area contributed by atoms with Gasteiger partial charge in [-0.05, 0) is 51.1 Å². The van der Waals surface area contributed by atoms with Crippen molar-refractivity contribution >= 4 is 30.7 Å². The highest BCUT2D eigenvalue weighted by Gasteiger charge is 2.49. The zero-order valence-electron chi connectivity index (χ0n) is 12.1. The summed E-state index contributed by atoms with van der Waals surface area (Å²) in [7, 11) is 0. The Bertz CT molecular complexity index is 330. The summed E-state index contributed by atoms with van der Waals surface area (Å²) in [6, 6.07) is 0. The second-order valence-corrected chi connectivity index (χ2v) is 6.42. The van der Waals surface area contributed by atoms with Gasteiger partial charge in [-0.2, -0.15) is 0 Å². The van der Waals surface area contributed by atoms with Gasteiger partial charge < -0.3 is 15.5 Å². The number of piperidine rings is 1. The smallest absolute Gasteiger partial charge is 0.242 e. The number of likely N-dealkylation sites (tertiary alicyclic amines) is 2. The van der Waals surface area contributed by atoms with Crippen molar-refractivity contribution in [2.45, 2.75) is 44.1 Å². The van der Waals surface area contributed by atoms with Crippen LogP contribution in [0, 0.1) is 5.92 Å². The Kier molecular flexibility index (Phi) is 6.58. The SMILES string of the molecule is Cl.Cl.NC1(C(=O)N2CCC(CN3CCCCC3)C2)CC1. The Morgan fingerprint density at radius 3 is 2.35 bits per heavy atom. The maximum atomic E-state index is 12.2. The quantitative estimate of drug-likeness (QED) is 0.859. The molecule has 4 nitrogen and oxygen atoms in total. The summed E-state index contributed by atoms with van der Waals surface area (Å²) in [5.41, 5.74) is 5.53. The fraction of sp³-hybridized carbons (Fsp3) is 0.929. The number of nitrogens with two attached hydrogens (primary N) is 1. The molecular formula is C14H27Cl2N3O. The first-order chi connectivity index (χ1) is 8.67. The van der Waals surface area contributed by atoms with Crippen molar-refractivity contribution in [1.82, 2.24) is 9.80 Å². The molecule has 0 aromatic heterocycles. The van der Waals surface area contributed by atoms with Gasteiger partial charge >= 0.3 is 0 Å². The minimum absolute atomic E-state index is 0. The first kappa shape index (κ1) is 18.0. The van der Waals surface area contributed by atoms with E-state index in [4.69, 9.17) is 5.73 Å². The predicted molar refractivity (Wildman–Crippen MR) is 85.6 cm³/mol. The Morgan fingerprint density at radius 2 is 1.75 bits per heavy atom. The summed E-state index contributed by atoms with van der Waals surface area (Å²) in [6.45, 7) is 5.56. The molecule has 0 spiro atoms. The molecule has 3 fully saturated rings. The van der Waals surface area contributed by atoms with Gasteiger partial charge in [0.1, 0.15) is 0 Å². The zero-order valence-corrected chi connectivity index (χ0v) is 13.7. The van der Waals surface area contributed by atoms with E-state index in [0.29, 0.717) is 5.92 Å². The van der Waals surface area contributed by atoms with Crippen molar-refractivity contribution < 1.29 is 4.79 Å². The Labute approximate surface area is 134 Å². The van der Waals surface area contributed by atoms with Crippen molar-refractivity contribution in [3.05, 3.63) is 0 Å². The zero-order chi connectivity index (χ0) is 12.6. The van der Waals surface area contributed by atoms with Crippen LogP contribution in [0.25, 0.3) is 0 Å². The van der Waals surface area contributed by atoms with E-state index in [2.05, 4.69) is 4.90 Å². The third kappa shape index (κ3) is 4.00. The van der Waals surface area contributed by atoms with Crippen molar-refractivity contribution in [3.63, 3.8) is 0 Å². The van der Waals surface area contributed by atoms with Gasteiger partial charge in [-0.3, -0.25) is 4.79 Å². The van der Waals surface area contributed by atoms with E-state index in [1.54, 1.807) is 0 Å². The third-order valence-corrected chi connectivity index (χ3v) is 4.75. The molecule has 20 heavy (non-hydrogen) atoms. The minimum atomic E-state index is -0.472. The van der Waals surface area contributed by atoms with E-state index < -0.39 is 5.54 Å².